The molecule has 3 aromatic rings. The highest BCUT2D eigenvalue weighted by molar-refractivity contribution is 7.08. The SMILES string of the molecule is CC(C)C(CO)Nc1ccc2ncc(-c3ccsc3)n2n1. The molecule has 3 heterocycles. The van der Waals surface area contributed by atoms with Crippen molar-refractivity contribution in [3.63, 3.8) is 0 Å². The van der Waals surface area contributed by atoms with Crippen molar-refractivity contribution in [3.8, 4) is 11.3 Å². The van der Waals surface area contributed by atoms with Crippen LogP contribution in [-0.2, 0) is 0 Å². The summed E-state index contributed by atoms with van der Waals surface area (Å²) in [6.45, 7) is 4.22. The van der Waals surface area contributed by atoms with Gasteiger partial charge in [0.2, 0.25) is 0 Å². The maximum atomic E-state index is 9.43. The van der Waals surface area contributed by atoms with Crippen molar-refractivity contribution in [3.05, 3.63) is 35.2 Å². The summed E-state index contributed by atoms with van der Waals surface area (Å²) in [4.78, 5) is 4.38. The normalized spacial score (nSPS) is 13.0. The van der Waals surface area contributed by atoms with E-state index in [4.69, 9.17) is 0 Å². The highest BCUT2D eigenvalue weighted by atomic mass is 32.1. The van der Waals surface area contributed by atoms with Gasteiger partial charge in [0.15, 0.2) is 5.65 Å². The first-order valence-corrected chi connectivity index (χ1v) is 7.88. The molecule has 110 valence electrons. The van der Waals surface area contributed by atoms with Crippen LogP contribution in [0.3, 0.4) is 0 Å². The molecule has 2 N–H and O–H groups in total. The lowest BCUT2D eigenvalue weighted by Crippen LogP contribution is -2.30. The van der Waals surface area contributed by atoms with Crippen LogP contribution in [0.15, 0.2) is 35.2 Å². The van der Waals surface area contributed by atoms with Gasteiger partial charge in [0.25, 0.3) is 0 Å². The molecule has 3 rings (SSSR count). The minimum atomic E-state index is -0.0110. The molecule has 6 heteroatoms. The van der Waals surface area contributed by atoms with E-state index in [-0.39, 0.29) is 12.6 Å². The number of aliphatic hydroxyl groups is 1. The van der Waals surface area contributed by atoms with Crippen molar-refractivity contribution < 1.29 is 5.11 Å². The monoisotopic (exact) mass is 302 g/mol. The summed E-state index contributed by atoms with van der Waals surface area (Å²) < 4.78 is 1.83. The van der Waals surface area contributed by atoms with Gasteiger partial charge in [-0.05, 0) is 29.5 Å². The molecule has 0 radical (unpaired) electrons. The van der Waals surface area contributed by atoms with E-state index in [1.165, 1.54) is 0 Å². The summed E-state index contributed by atoms with van der Waals surface area (Å²) in [6, 6.07) is 5.87. The van der Waals surface area contributed by atoms with E-state index in [2.05, 4.69) is 40.7 Å². The third-order valence-electron chi connectivity index (χ3n) is 3.51. The molecule has 0 amide bonds. The van der Waals surface area contributed by atoms with Crippen molar-refractivity contribution in [2.45, 2.75) is 19.9 Å². The number of imidazole rings is 1. The molecule has 0 saturated heterocycles. The average molecular weight is 302 g/mol. The minimum absolute atomic E-state index is 0.0110. The molecule has 5 nitrogen and oxygen atoms in total. The van der Waals surface area contributed by atoms with E-state index in [9.17, 15) is 5.11 Å². The van der Waals surface area contributed by atoms with Crippen LogP contribution in [0.25, 0.3) is 16.9 Å². The molecule has 21 heavy (non-hydrogen) atoms. The zero-order valence-corrected chi connectivity index (χ0v) is 12.8. The highest BCUT2D eigenvalue weighted by Crippen LogP contribution is 2.23. The predicted molar refractivity (Wildman–Crippen MR) is 85.6 cm³/mol. The molecule has 0 bridgehead atoms. The standard InChI is InChI=1S/C15H18N4OS/c1-10(2)12(8-20)17-14-3-4-15-16-7-13(19(15)18-14)11-5-6-21-9-11/h3-7,9-10,12,20H,8H2,1-2H3,(H,17,18). The third kappa shape index (κ3) is 2.77. The van der Waals surface area contributed by atoms with E-state index in [0.29, 0.717) is 5.92 Å². The zero-order chi connectivity index (χ0) is 14.8. The Morgan fingerprint density at radius 1 is 1.33 bits per heavy atom. The fourth-order valence-corrected chi connectivity index (χ4v) is 2.82. The van der Waals surface area contributed by atoms with Gasteiger partial charge < -0.3 is 10.4 Å². The van der Waals surface area contributed by atoms with E-state index < -0.39 is 0 Å². The first kappa shape index (κ1) is 14.0. The molecule has 0 aliphatic rings. The second-order valence-corrected chi connectivity index (χ2v) is 6.10. The Balaban J connectivity index is 1.97. The van der Waals surface area contributed by atoms with Crippen LogP contribution in [0.1, 0.15) is 13.8 Å². The summed E-state index contributed by atoms with van der Waals surface area (Å²) in [5.74, 6) is 1.07. The topological polar surface area (TPSA) is 62.5 Å². The lowest BCUT2D eigenvalue weighted by atomic mass is 10.1. The Kier molecular flexibility index (Phi) is 3.90. The maximum Gasteiger partial charge on any atom is 0.154 e. The molecule has 1 unspecified atom stereocenters. The molecule has 0 fully saturated rings. The van der Waals surface area contributed by atoms with Gasteiger partial charge in [0.1, 0.15) is 5.82 Å². The first-order valence-electron chi connectivity index (χ1n) is 6.94. The lowest BCUT2D eigenvalue weighted by Gasteiger charge is -2.20. The number of nitrogens with zero attached hydrogens (tertiary/aromatic N) is 3. The van der Waals surface area contributed by atoms with Crippen LogP contribution >= 0.6 is 11.3 Å². The fourth-order valence-electron chi connectivity index (χ4n) is 2.17. The molecular weight excluding hydrogens is 284 g/mol. The lowest BCUT2D eigenvalue weighted by molar-refractivity contribution is 0.249. The number of hydrogen-bond acceptors (Lipinski definition) is 5. The Hall–Kier alpha value is -1.92. The molecule has 3 aromatic heterocycles. The van der Waals surface area contributed by atoms with Gasteiger partial charge in [-0.2, -0.15) is 11.3 Å². The number of thiophene rings is 1. The van der Waals surface area contributed by atoms with Gasteiger partial charge in [-0.1, -0.05) is 13.8 Å². The van der Waals surface area contributed by atoms with Crippen LogP contribution in [0.2, 0.25) is 0 Å². The highest BCUT2D eigenvalue weighted by Gasteiger charge is 2.14. The summed E-state index contributed by atoms with van der Waals surface area (Å²) in [5.41, 5.74) is 2.89. The van der Waals surface area contributed by atoms with E-state index in [0.717, 1.165) is 22.7 Å². The Morgan fingerprint density at radius 3 is 2.86 bits per heavy atom. The van der Waals surface area contributed by atoms with Crippen molar-refractivity contribution >= 4 is 22.8 Å². The minimum Gasteiger partial charge on any atom is -0.394 e. The number of aliphatic hydroxyl groups excluding tert-OH is 1. The first-order chi connectivity index (χ1) is 10.2. The van der Waals surface area contributed by atoms with Crippen molar-refractivity contribution in [2.75, 3.05) is 11.9 Å². The molecule has 0 saturated carbocycles. The molecular formula is C15H18N4OS. The summed E-state index contributed by atoms with van der Waals surface area (Å²) in [7, 11) is 0. The van der Waals surface area contributed by atoms with Gasteiger partial charge in [0.05, 0.1) is 24.5 Å². The van der Waals surface area contributed by atoms with Crippen LogP contribution in [0.5, 0.6) is 0 Å². The zero-order valence-electron chi connectivity index (χ0n) is 12.0. The van der Waals surface area contributed by atoms with Gasteiger partial charge in [0, 0.05) is 10.9 Å². The van der Waals surface area contributed by atoms with Gasteiger partial charge >= 0.3 is 0 Å². The number of rotatable bonds is 5. The maximum absolute atomic E-state index is 9.43. The van der Waals surface area contributed by atoms with Crippen molar-refractivity contribution in [1.82, 2.24) is 14.6 Å². The number of aromatic nitrogens is 3. The Labute approximate surface area is 127 Å². The molecule has 0 aromatic carbocycles. The molecule has 0 spiro atoms. The summed E-state index contributed by atoms with van der Waals surface area (Å²) in [5, 5.41) is 21.4. The van der Waals surface area contributed by atoms with E-state index in [1.807, 2.05) is 28.2 Å². The van der Waals surface area contributed by atoms with Crippen molar-refractivity contribution in [2.24, 2.45) is 5.92 Å². The van der Waals surface area contributed by atoms with Gasteiger partial charge in [-0.15, -0.1) is 5.10 Å². The Bertz CT molecular complexity index is 720. The fraction of sp³-hybridized carbons (Fsp3) is 0.333. The number of hydrogen-bond donors (Lipinski definition) is 2. The molecule has 0 aliphatic carbocycles. The summed E-state index contributed by atoms with van der Waals surface area (Å²) >= 11 is 1.65. The third-order valence-corrected chi connectivity index (χ3v) is 4.20. The molecule has 0 aliphatic heterocycles. The number of anilines is 1. The number of nitrogens with one attached hydrogen (secondary N) is 1. The summed E-state index contributed by atoms with van der Waals surface area (Å²) in [6.07, 6.45) is 1.83. The Morgan fingerprint density at radius 2 is 2.19 bits per heavy atom. The quantitative estimate of drug-likeness (QED) is 0.761. The molecule has 1 atom stereocenters. The van der Waals surface area contributed by atoms with E-state index in [1.54, 1.807) is 11.3 Å². The van der Waals surface area contributed by atoms with Gasteiger partial charge in [-0.3, -0.25) is 0 Å². The van der Waals surface area contributed by atoms with Gasteiger partial charge in [-0.25, -0.2) is 9.50 Å². The number of fused-ring (bicyclic) bond motifs is 1. The average Bonchev–Trinajstić information content (AvgIpc) is 3.12. The largest absolute Gasteiger partial charge is 0.394 e. The van der Waals surface area contributed by atoms with Crippen LogP contribution in [0.4, 0.5) is 5.82 Å². The predicted octanol–water partition coefficient (Wildman–Crippen LogP) is 2.89. The van der Waals surface area contributed by atoms with E-state index >= 15 is 0 Å². The van der Waals surface area contributed by atoms with Crippen LogP contribution < -0.4 is 5.32 Å². The second kappa shape index (κ2) is 5.83. The van der Waals surface area contributed by atoms with Crippen LogP contribution in [-0.4, -0.2) is 32.4 Å². The van der Waals surface area contributed by atoms with Crippen molar-refractivity contribution in [1.29, 1.82) is 0 Å². The smallest absolute Gasteiger partial charge is 0.154 e. The van der Waals surface area contributed by atoms with Crippen LogP contribution in [0, 0.1) is 5.92 Å². The second-order valence-electron chi connectivity index (χ2n) is 5.32.